The zero-order valence-corrected chi connectivity index (χ0v) is 17.7. The summed E-state index contributed by atoms with van der Waals surface area (Å²) in [6.45, 7) is 18.1. The Bertz CT molecular complexity index is 746. The molecule has 3 nitrogen and oxygen atoms in total. The molecule has 0 radical (unpaired) electrons. The van der Waals surface area contributed by atoms with Crippen molar-refractivity contribution in [3.63, 3.8) is 0 Å². The molecule has 0 aromatic heterocycles. The summed E-state index contributed by atoms with van der Waals surface area (Å²) >= 11 is 0. The number of ketones is 1. The van der Waals surface area contributed by atoms with E-state index in [1.807, 2.05) is 68.4 Å². The van der Waals surface area contributed by atoms with Crippen molar-refractivity contribution in [3.8, 4) is 0 Å². The molecule has 0 aliphatic carbocycles. The second-order valence-corrected chi connectivity index (χ2v) is 6.64. The van der Waals surface area contributed by atoms with E-state index < -0.39 is 0 Å². The Morgan fingerprint density at radius 1 is 0.821 bits per heavy atom. The highest BCUT2D eigenvalue weighted by molar-refractivity contribution is 6.09. The molecule has 2 aromatic carbocycles. The summed E-state index contributed by atoms with van der Waals surface area (Å²) < 4.78 is 0. The van der Waals surface area contributed by atoms with Gasteiger partial charge in [-0.25, -0.2) is 0 Å². The number of hydrogen-bond acceptors (Lipinski definition) is 3. The average Bonchev–Trinajstić information content (AvgIpc) is 2.74. The Kier molecular flexibility index (Phi) is 10.4. The van der Waals surface area contributed by atoms with Crippen LogP contribution in [0.15, 0.2) is 73.5 Å². The second-order valence-electron chi connectivity index (χ2n) is 6.64. The van der Waals surface area contributed by atoms with Gasteiger partial charge in [0.25, 0.3) is 0 Å². The van der Waals surface area contributed by atoms with Crippen molar-refractivity contribution < 1.29 is 4.79 Å². The van der Waals surface area contributed by atoms with Crippen molar-refractivity contribution in [2.45, 2.75) is 34.1 Å². The first kappa shape index (κ1) is 23.2. The fourth-order valence-corrected chi connectivity index (χ4v) is 2.46. The first-order chi connectivity index (χ1) is 13.5. The van der Waals surface area contributed by atoms with E-state index in [9.17, 15) is 4.79 Å². The number of allylic oxidation sites excluding steroid dienone is 1. The number of hydrogen-bond donors (Lipinski definition) is 2. The molecule has 0 unspecified atom stereocenters. The summed E-state index contributed by atoms with van der Waals surface area (Å²) in [5.74, 6) is 0.488. The Balaban J connectivity index is 0.00000190. The Hall–Kier alpha value is -2.81. The molecule has 0 fully saturated rings. The molecule has 2 aromatic rings. The Morgan fingerprint density at radius 3 is 1.89 bits per heavy atom. The van der Waals surface area contributed by atoms with Crippen LogP contribution in [-0.4, -0.2) is 18.9 Å². The van der Waals surface area contributed by atoms with Gasteiger partial charge in [-0.1, -0.05) is 95.5 Å². The van der Waals surface area contributed by atoms with Crippen LogP contribution in [0.2, 0.25) is 0 Å². The molecule has 3 heteroatoms. The topological polar surface area (TPSA) is 41.1 Å². The molecule has 0 aliphatic heterocycles. The average molecular weight is 379 g/mol. The van der Waals surface area contributed by atoms with Gasteiger partial charge in [-0.2, -0.15) is 0 Å². The molecule has 2 rings (SSSR count). The third kappa shape index (κ3) is 7.43. The summed E-state index contributed by atoms with van der Waals surface area (Å²) in [5, 5.41) is 6.66. The van der Waals surface area contributed by atoms with Gasteiger partial charge in [-0.3, -0.25) is 4.79 Å². The molecule has 0 aliphatic rings. The molecule has 2 N–H and O–H groups in total. The molecule has 28 heavy (non-hydrogen) atoms. The normalized spacial score (nSPS) is 9.89. The van der Waals surface area contributed by atoms with E-state index in [-0.39, 0.29) is 5.78 Å². The predicted octanol–water partition coefficient (Wildman–Crippen LogP) is 5.65. The molecular formula is C25H34N2O. The van der Waals surface area contributed by atoms with Gasteiger partial charge in [0.2, 0.25) is 0 Å². The molecule has 0 atom stereocenters. The van der Waals surface area contributed by atoms with Gasteiger partial charge >= 0.3 is 0 Å². The third-order valence-corrected chi connectivity index (χ3v) is 4.27. The minimum Gasteiger partial charge on any atom is -0.389 e. The van der Waals surface area contributed by atoms with Crippen LogP contribution >= 0.6 is 0 Å². The van der Waals surface area contributed by atoms with Gasteiger partial charge in [0.1, 0.15) is 0 Å². The highest BCUT2D eigenvalue weighted by Crippen LogP contribution is 2.14. The highest BCUT2D eigenvalue weighted by Gasteiger charge is 2.08. The maximum absolute atomic E-state index is 12.4. The molecule has 0 heterocycles. The van der Waals surface area contributed by atoms with Crippen LogP contribution in [0.3, 0.4) is 0 Å². The minimum atomic E-state index is 0.0344. The SMILES string of the molecule is C=C(NCCCNC(=C)C(C)C)c1ccc(C(=O)c2ccccc2)cc1.CC. The van der Waals surface area contributed by atoms with Gasteiger partial charge in [0, 0.05) is 35.6 Å². The lowest BCUT2D eigenvalue weighted by atomic mass is 10.0. The maximum Gasteiger partial charge on any atom is 0.193 e. The monoisotopic (exact) mass is 378 g/mol. The van der Waals surface area contributed by atoms with E-state index in [4.69, 9.17) is 0 Å². The van der Waals surface area contributed by atoms with Crippen LogP contribution in [0, 0.1) is 5.92 Å². The van der Waals surface area contributed by atoms with E-state index in [0.717, 1.165) is 36.5 Å². The van der Waals surface area contributed by atoms with Gasteiger partial charge in [-0.05, 0) is 17.9 Å². The zero-order chi connectivity index (χ0) is 20.9. The van der Waals surface area contributed by atoms with Crippen molar-refractivity contribution in [1.82, 2.24) is 10.6 Å². The first-order valence-corrected chi connectivity index (χ1v) is 10.0. The zero-order valence-electron chi connectivity index (χ0n) is 17.7. The van der Waals surface area contributed by atoms with Crippen LogP contribution in [0.5, 0.6) is 0 Å². The van der Waals surface area contributed by atoms with Crippen molar-refractivity contribution in [3.05, 3.63) is 90.1 Å². The van der Waals surface area contributed by atoms with Crippen molar-refractivity contribution in [1.29, 1.82) is 0 Å². The van der Waals surface area contributed by atoms with Crippen LogP contribution in [0.1, 0.15) is 55.6 Å². The second kappa shape index (κ2) is 12.6. The predicted molar refractivity (Wildman–Crippen MR) is 121 cm³/mol. The number of carbonyl (C=O) groups excluding carboxylic acids is 1. The molecule has 0 saturated carbocycles. The lowest BCUT2D eigenvalue weighted by molar-refractivity contribution is 0.103. The van der Waals surface area contributed by atoms with E-state index in [1.54, 1.807) is 0 Å². The Morgan fingerprint density at radius 2 is 1.32 bits per heavy atom. The number of nitrogens with one attached hydrogen (secondary N) is 2. The number of rotatable bonds is 10. The molecule has 150 valence electrons. The fourth-order valence-electron chi connectivity index (χ4n) is 2.46. The van der Waals surface area contributed by atoms with Crippen molar-refractivity contribution in [2.75, 3.05) is 13.1 Å². The molecule has 0 spiro atoms. The third-order valence-electron chi connectivity index (χ3n) is 4.27. The lowest BCUT2D eigenvalue weighted by Crippen LogP contribution is -2.22. The standard InChI is InChI=1S/C23H28N2O.C2H6/c1-17(2)18(3)24-15-8-16-25-19(4)20-11-13-22(14-12-20)23(26)21-9-6-5-7-10-21;1-2/h5-7,9-14,17,24-25H,3-4,8,15-16H2,1-2H3;1-2H3. The fraction of sp³-hybridized carbons (Fsp3) is 0.320. The highest BCUT2D eigenvalue weighted by atomic mass is 16.1. The molecular weight excluding hydrogens is 344 g/mol. The van der Waals surface area contributed by atoms with Gasteiger partial charge in [-0.15, -0.1) is 0 Å². The molecule has 0 saturated heterocycles. The van der Waals surface area contributed by atoms with Crippen LogP contribution in [-0.2, 0) is 0 Å². The minimum absolute atomic E-state index is 0.0344. The quantitative estimate of drug-likeness (QED) is 0.414. The van der Waals surface area contributed by atoms with Crippen molar-refractivity contribution >= 4 is 11.5 Å². The summed E-state index contributed by atoms with van der Waals surface area (Å²) in [6, 6.07) is 16.9. The van der Waals surface area contributed by atoms with E-state index >= 15 is 0 Å². The van der Waals surface area contributed by atoms with E-state index in [0.29, 0.717) is 17.0 Å². The summed E-state index contributed by atoms with van der Waals surface area (Å²) in [6.07, 6.45) is 0.981. The number of benzene rings is 2. The smallest absolute Gasteiger partial charge is 0.193 e. The lowest BCUT2D eigenvalue weighted by Gasteiger charge is -2.14. The van der Waals surface area contributed by atoms with Crippen LogP contribution in [0.4, 0.5) is 0 Å². The molecule has 0 bridgehead atoms. The van der Waals surface area contributed by atoms with Gasteiger partial charge in [0.05, 0.1) is 0 Å². The van der Waals surface area contributed by atoms with E-state index in [2.05, 4.69) is 37.6 Å². The summed E-state index contributed by atoms with van der Waals surface area (Å²) in [5.41, 5.74) is 4.32. The Labute approximate surface area is 170 Å². The van der Waals surface area contributed by atoms with Gasteiger partial charge < -0.3 is 10.6 Å². The van der Waals surface area contributed by atoms with Crippen LogP contribution in [0.25, 0.3) is 5.70 Å². The van der Waals surface area contributed by atoms with Gasteiger partial charge in [0.15, 0.2) is 5.78 Å². The van der Waals surface area contributed by atoms with E-state index in [1.165, 1.54) is 0 Å². The molecule has 0 amide bonds. The largest absolute Gasteiger partial charge is 0.389 e. The van der Waals surface area contributed by atoms with Crippen molar-refractivity contribution in [2.24, 2.45) is 5.92 Å². The first-order valence-electron chi connectivity index (χ1n) is 10.0. The maximum atomic E-state index is 12.4. The number of carbonyl (C=O) groups is 1. The summed E-state index contributed by atoms with van der Waals surface area (Å²) in [7, 11) is 0. The summed E-state index contributed by atoms with van der Waals surface area (Å²) in [4.78, 5) is 12.4. The van der Waals surface area contributed by atoms with Crippen LogP contribution < -0.4 is 10.6 Å².